The molecular formula is C16H26N2O. The first-order valence-electron chi connectivity index (χ1n) is 7.09. The average molecular weight is 262 g/mol. The monoisotopic (exact) mass is 262 g/mol. The fourth-order valence-corrected chi connectivity index (χ4v) is 1.78. The molecule has 0 saturated heterocycles. The normalized spacial score (nSPS) is 11.9. The van der Waals surface area contributed by atoms with Crippen LogP contribution in [-0.4, -0.2) is 24.7 Å². The van der Waals surface area contributed by atoms with E-state index in [1.165, 1.54) is 5.57 Å². The molecule has 0 aliphatic heterocycles. The average Bonchev–Trinajstić information content (AvgIpc) is 2.38. The van der Waals surface area contributed by atoms with Gasteiger partial charge in [-0.05, 0) is 56.5 Å². The molecule has 0 amide bonds. The Balaban J connectivity index is 2.47. The molecule has 0 atom stereocenters. The van der Waals surface area contributed by atoms with Crippen LogP contribution in [0, 0.1) is 5.92 Å². The number of nitrogens with zero attached hydrogens (tertiary/aromatic N) is 1. The van der Waals surface area contributed by atoms with E-state index in [0.717, 1.165) is 30.8 Å². The first kappa shape index (κ1) is 15.7. The predicted octanol–water partition coefficient (Wildman–Crippen LogP) is 3.52. The quantitative estimate of drug-likeness (QED) is 0.728. The van der Waals surface area contributed by atoms with E-state index in [2.05, 4.69) is 37.1 Å². The SMILES string of the molecule is CCOc1cncc(/C(C)=C/CCNCC(C)C)c1. The molecule has 0 aliphatic rings. The molecule has 19 heavy (non-hydrogen) atoms. The molecule has 0 aliphatic carbocycles. The van der Waals surface area contributed by atoms with Crippen LogP contribution in [0.4, 0.5) is 0 Å². The maximum Gasteiger partial charge on any atom is 0.138 e. The van der Waals surface area contributed by atoms with Gasteiger partial charge in [-0.3, -0.25) is 4.98 Å². The standard InChI is InChI=1S/C16H26N2O/c1-5-19-16-9-15(11-18-12-16)14(4)7-6-8-17-10-13(2)3/h7,9,11-13,17H,5-6,8,10H2,1-4H3/b14-7+. The van der Waals surface area contributed by atoms with Crippen LogP contribution in [0.5, 0.6) is 5.75 Å². The molecule has 3 nitrogen and oxygen atoms in total. The first-order valence-corrected chi connectivity index (χ1v) is 7.09. The largest absolute Gasteiger partial charge is 0.492 e. The number of pyridine rings is 1. The second-order valence-corrected chi connectivity index (χ2v) is 5.12. The smallest absolute Gasteiger partial charge is 0.138 e. The van der Waals surface area contributed by atoms with E-state index in [4.69, 9.17) is 4.74 Å². The molecule has 0 spiro atoms. The lowest BCUT2D eigenvalue weighted by molar-refractivity contribution is 0.339. The summed E-state index contributed by atoms with van der Waals surface area (Å²) in [7, 11) is 0. The molecule has 0 aromatic carbocycles. The van der Waals surface area contributed by atoms with Crippen LogP contribution in [0.25, 0.3) is 5.57 Å². The van der Waals surface area contributed by atoms with E-state index in [1.54, 1.807) is 6.20 Å². The Labute approximate surface area is 117 Å². The van der Waals surface area contributed by atoms with Crippen molar-refractivity contribution < 1.29 is 4.74 Å². The van der Waals surface area contributed by atoms with Crippen molar-refractivity contribution in [2.45, 2.75) is 34.1 Å². The molecule has 0 bridgehead atoms. The van der Waals surface area contributed by atoms with Gasteiger partial charge in [0.15, 0.2) is 0 Å². The summed E-state index contributed by atoms with van der Waals surface area (Å²) in [6.07, 6.45) is 6.93. The van der Waals surface area contributed by atoms with Crippen molar-refractivity contribution >= 4 is 5.57 Å². The van der Waals surface area contributed by atoms with Gasteiger partial charge in [-0.25, -0.2) is 0 Å². The summed E-state index contributed by atoms with van der Waals surface area (Å²) in [6, 6.07) is 2.05. The van der Waals surface area contributed by atoms with Gasteiger partial charge in [0.25, 0.3) is 0 Å². The minimum atomic E-state index is 0.674. The summed E-state index contributed by atoms with van der Waals surface area (Å²) >= 11 is 0. The highest BCUT2D eigenvalue weighted by Gasteiger charge is 1.99. The summed E-state index contributed by atoms with van der Waals surface area (Å²) in [5.41, 5.74) is 2.38. The third kappa shape index (κ3) is 6.39. The van der Waals surface area contributed by atoms with Crippen LogP contribution >= 0.6 is 0 Å². The van der Waals surface area contributed by atoms with Crippen LogP contribution < -0.4 is 10.1 Å². The number of rotatable bonds is 8. The van der Waals surface area contributed by atoms with E-state index in [0.29, 0.717) is 12.5 Å². The third-order valence-corrected chi connectivity index (χ3v) is 2.80. The van der Waals surface area contributed by atoms with E-state index in [1.807, 2.05) is 19.2 Å². The molecule has 0 radical (unpaired) electrons. The van der Waals surface area contributed by atoms with Gasteiger partial charge in [0.05, 0.1) is 12.8 Å². The zero-order valence-corrected chi connectivity index (χ0v) is 12.6. The third-order valence-electron chi connectivity index (χ3n) is 2.80. The minimum Gasteiger partial charge on any atom is -0.492 e. The Morgan fingerprint density at radius 3 is 2.89 bits per heavy atom. The second kappa shape index (κ2) is 8.70. The van der Waals surface area contributed by atoms with Crippen molar-refractivity contribution in [2.24, 2.45) is 5.92 Å². The molecule has 1 heterocycles. The highest BCUT2D eigenvalue weighted by atomic mass is 16.5. The van der Waals surface area contributed by atoms with Gasteiger partial charge in [0.2, 0.25) is 0 Å². The van der Waals surface area contributed by atoms with Gasteiger partial charge in [-0.15, -0.1) is 0 Å². The second-order valence-electron chi connectivity index (χ2n) is 5.12. The van der Waals surface area contributed by atoms with Crippen molar-refractivity contribution in [1.82, 2.24) is 10.3 Å². The molecular weight excluding hydrogens is 236 g/mol. The summed E-state index contributed by atoms with van der Waals surface area (Å²) < 4.78 is 5.46. The molecule has 0 saturated carbocycles. The summed E-state index contributed by atoms with van der Waals surface area (Å²) in [6.45, 7) is 11.3. The molecule has 1 aromatic heterocycles. The van der Waals surface area contributed by atoms with Crippen molar-refractivity contribution in [3.63, 3.8) is 0 Å². The van der Waals surface area contributed by atoms with Crippen molar-refractivity contribution in [2.75, 3.05) is 19.7 Å². The van der Waals surface area contributed by atoms with Crippen LogP contribution in [0.2, 0.25) is 0 Å². The Bertz CT molecular complexity index is 399. The minimum absolute atomic E-state index is 0.674. The van der Waals surface area contributed by atoms with Gasteiger partial charge in [0.1, 0.15) is 5.75 Å². The van der Waals surface area contributed by atoms with Gasteiger partial charge in [-0.1, -0.05) is 19.9 Å². The highest BCUT2D eigenvalue weighted by Crippen LogP contribution is 2.18. The molecule has 1 rings (SSSR count). The molecule has 0 unspecified atom stereocenters. The zero-order valence-electron chi connectivity index (χ0n) is 12.6. The summed E-state index contributed by atoms with van der Waals surface area (Å²) in [5.74, 6) is 1.54. The van der Waals surface area contributed by atoms with Crippen molar-refractivity contribution in [1.29, 1.82) is 0 Å². The predicted molar refractivity (Wildman–Crippen MR) is 81.4 cm³/mol. The van der Waals surface area contributed by atoms with Gasteiger partial charge >= 0.3 is 0 Å². The van der Waals surface area contributed by atoms with Crippen LogP contribution in [0.1, 0.15) is 39.7 Å². The summed E-state index contributed by atoms with van der Waals surface area (Å²) in [4.78, 5) is 4.21. The Morgan fingerprint density at radius 1 is 1.42 bits per heavy atom. The lowest BCUT2D eigenvalue weighted by atomic mass is 10.1. The van der Waals surface area contributed by atoms with E-state index in [-0.39, 0.29) is 0 Å². The topological polar surface area (TPSA) is 34.1 Å². The molecule has 3 heteroatoms. The molecule has 1 N–H and O–H groups in total. The Kier molecular flexibility index (Phi) is 7.19. The van der Waals surface area contributed by atoms with Gasteiger partial charge in [-0.2, -0.15) is 0 Å². The summed E-state index contributed by atoms with van der Waals surface area (Å²) in [5, 5.41) is 3.44. The lowest BCUT2D eigenvalue weighted by Gasteiger charge is -2.07. The number of ether oxygens (including phenoxy) is 1. The fraction of sp³-hybridized carbons (Fsp3) is 0.562. The van der Waals surface area contributed by atoms with E-state index < -0.39 is 0 Å². The lowest BCUT2D eigenvalue weighted by Crippen LogP contribution is -2.20. The number of hydrogen-bond donors (Lipinski definition) is 1. The van der Waals surface area contributed by atoms with Crippen molar-refractivity contribution in [3.05, 3.63) is 30.1 Å². The molecule has 1 aromatic rings. The van der Waals surface area contributed by atoms with E-state index in [9.17, 15) is 0 Å². The zero-order chi connectivity index (χ0) is 14.1. The number of hydrogen-bond acceptors (Lipinski definition) is 3. The molecule has 0 fully saturated rings. The van der Waals surface area contributed by atoms with E-state index >= 15 is 0 Å². The molecule has 106 valence electrons. The van der Waals surface area contributed by atoms with Gasteiger partial charge in [0, 0.05) is 6.20 Å². The maximum atomic E-state index is 5.46. The van der Waals surface area contributed by atoms with Crippen LogP contribution in [-0.2, 0) is 0 Å². The maximum absolute atomic E-state index is 5.46. The Hall–Kier alpha value is -1.35. The first-order chi connectivity index (χ1) is 9.13. The van der Waals surface area contributed by atoms with Gasteiger partial charge < -0.3 is 10.1 Å². The number of allylic oxidation sites excluding steroid dienone is 1. The Morgan fingerprint density at radius 2 is 2.21 bits per heavy atom. The van der Waals surface area contributed by atoms with Crippen LogP contribution in [0.15, 0.2) is 24.5 Å². The highest BCUT2D eigenvalue weighted by molar-refractivity contribution is 5.63. The van der Waals surface area contributed by atoms with Crippen molar-refractivity contribution in [3.8, 4) is 5.75 Å². The van der Waals surface area contributed by atoms with Crippen LogP contribution in [0.3, 0.4) is 0 Å². The number of nitrogens with one attached hydrogen (secondary N) is 1. The fourth-order valence-electron chi connectivity index (χ4n) is 1.78. The number of aromatic nitrogens is 1.